The highest BCUT2D eigenvalue weighted by Crippen LogP contribution is 2.40. The van der Waals surface area contributed by atoms with Gasteiger partial charge in [-0.2, -0.15) is 0 Å². The van der Waals surface area contributed by atoms with Crippen molar-refractivity contribution in [2.75, 3.05) is 33.4 Å². The van der Waals surface area contributed by atoms with Crippen LogP contribution in [0.1, 0.15) is 35.7 Å². The first kappa shape index (κ1) is 16.9. The lowest BCUT2D eigenvalue weighted by atomic mass is 9.79. The molecule has 0 atom stereocenters. The van der Waals surface area contributed by atoms with Crippen LogP contribution in [0, 0.1) is 0 Å². The van der Waals surface area contributed by atoms with Gasteiger partial charge in [0.2, 0.25) is 0 Å². The monoisotopic (exact) mass is 332 g/mol. The molecule has 0 aromatic heterocycles. The quantitative estimate of drug-likeness (QED) is 0.856. The van der Waals surface area contributed by atoms with Crippen molar-refractivity contribution in [2.24, 2.45) is 0 Å². The lowest BCUT2D eigenvalue weighted by Gasteiger charge is -2.53. The first-order valence-electron chi connectivity index (χ1n) is 8.34. The summed E-state index contributed by atoms with van der Waals surface area (Å²) in [4.78, 5) is 26.3. The molecule has 24 heavy (non-hydrogen) atoms. The highest BCUT2D eigenvalue weighted by atomic mass is 16.5. The highest BCUT2D eigenvalue weighted by Gasteiger charge is 2.45. The molecule has 1 amide bonds. The van der Waals surface area contributed by atoms with Gasteiger partial charge in [0.1, 0.15) is 0 Å². The van der Waals surface area contributed by atoms with E-state index in [9.17, 15) is 9.59 Å². The fourth-order valence-electron chi connectivity index (χ4n) is 3.78. The molecule has 0 spiro atoms. The molecule has 130 valence electrons. The molecule has 0 unspecified atom stereocenters. The molecule has 0 bridgehead atoms. The van der Waals surface area contributed by atoms with Gasteiger partial charge >= 0.3 is 6.09 Å². The number of carbonyl (C=O) groups excluding carboxylic acids is 1. The Balaban J connectivity index is 1.84. The molecule has 2 aliphatic rings. The maximum absolute atomic E-state index is 11.5. The number of ether oxygens (including phenoxy) is 1. The lowest BCUT2D eigenvalue weighted by molar-refractivity contribution is -0.0690. The molecule has 0 radical (unpaired) electrons. The summed E-state index contributed by atoms with van der Waals surface area (Å²) in [6.45, 7) is 4.03. The fourth-order valence-corrected chi connectivity index (χ4v) is 3.78. The van der Waals surface area contributed by atoms with Gasteiger partial charge in [0.05, 0.1) is 5.54 Å². The minimum absolute atomic E-state index is 0.0621. The van der Waals surface area contributed by atoms with E-state index in [0.29, 0.717) is 31.9 Å². The molecule has 6 heteroatoms. The number of likely N-dealkylation sites (tertiary alicyclic amines) is 1. The molecule has 2 fully saturated rings. The Hall–Kier alpha value is -1.92. The van der Waals surface area contributed by atoms with Crippen LogP contribution in [0.5, 0.6) is 0 Å². The Morgan fingerprint density at radius 2 is 1.79 bits per heavy atom. The molecule has 2 saturated heterocycles. The van der Waals surface area contributed by atoms with E-state index in [4.69, 9.17) is 9.84 Å². The Morgan fingerprint density at radius 1 is 1.21 bits per heavy atom. The van der Waals surface area contributed by atoms with Gasteiger partial charge < -0.3 is 14.7 Å². The molecule has 1 aromatic rings. The van der Waals surface area contributed by atoms with Crippen LogP contribution in [0.3, 0.4) is 0 Å². The first-order chi connectivity index (χ1) is 11.4. The predicted octanol–water partition coefficient (Wildman–Crippen LogP) is 2.19. The van der Waals surface area contributed by atoms with Gasteiger partial charge in [-0.05, 0) is 32.4 Å². The number of carboxylic acid groups (broad SMARTS) is 1. The Labute approximate surface area is 142 Å². The first-order valence-corrected chi connectivity index (χ1v) is 8.34. The van der Waals surface area contributed by atoms with Gasteiger partial charge in [0.25, 0.3) is 0 Å². The zero-order valence-corrected chi connectivity index (χ0v) is 14.2. The zero-order valence-electron chi connectivity index (χ0n) is 14.2. The van der Waals surface area contributed by atoms with Gasteiger partial charge in [0, 0.05) is 37.9 Å². The molecular weight excluding hydrogens is 308 g/mol. The third-order valence-corrected chi connectivity index (χ3v) is 5.50. The largest absolute Gasteiger partial charge is 0.465 e. The number of rotatable bonds is 4. The number of Topliss-reactive ketones (excluding diaryl/α,β-unsaturated/α-hetero) is 1. The number of carbonyl (C=O) groups is 2. The minimum atomic E-state index is -0.855. The smallest absolute Gasteiger partial charge is 0.407 e. The summed E-state index contributed by atoms with van der Waals surface area (Å²) in [6.07, 6.45) is 0.880. The summed E-state index contributed by atoms with van der Waals surface area (Å²) >= 11 is 0. The van der Waals surface area contributed by atoms with E-state index in [-0.39, 0.29) is 17.4 Å². The molecule has 1 N–H and O–H groups in total. The fraction of sp³-hybridized carbons (Fsp3) is 0.556. The van der Waals surface area contributed by atoms with Crippen molar-refractivity contribution < 1.29 is 19.4 Å². The van der Waals surface area contributed by atoms with E-state index < -0.39 is 6.09 Å². The second kappa shape index (κ2) is 6.53. The van der Waals surface area contributed by atoms with Crippen molar-refractivity contribution in [3.63, 3.8) is 0 Å². The number of ketones is 1. The normalized spacial score (nSPS) is 20.7. The zero-order chi connectivity index (χ0) is 17.3. The molecule has 1 aromatic carbocycles. The van der Waals surface area contributed by atoms with Crippen LogP contribution in [0.25, 0.3) is 0 Å². The average molecular weight is 332 g/mol. The Kier molecular flexibility index (Phi) is 4.60. The van der Waals surface area contributed by atoms with Crippen molar-refractivity contribution in [1.29, 1.82) is 0 Å². The summed E-state index contributed by atoms with van der Waals surface area (Å²) in [7, 11) is 2.08. The van der Waals surface area contributed by atoms with Gasteiger partial charge in [0.15, 0.2) is 5.78 Å². The minimum Gasteiger partial charge on any atom is -0.465 e. The van der Waals surface area contributed by atoms with Gasteiger partial charge in [-0.1, -0.05) is 24.3 Å². The Bertz CT molecular complexity index is 616. The number of amides is 1. The van der Waals surface area contributed by atoms with E-state index in [2.05, 4.69) is 11.9 Å². The van der Waals surface area contributed by atoms with E-state index in [0.717, 1.165) is 12.8 Å². The number of likely N-dealkylation sites (N-methyl/N-ethyl adjacent to an activating group) is 1. The summed E-state index contributed by atoms with van der Waals surface area (Å²) in [5.74, 6) is 0.0621. The van der Waals surface area contributed by atoms with Crippen molar-refractivity contribution in [3.8, 4) is 0 Å². The number of nitrogens with zero attached hydrogens (tertiary/aromatic N) is 2. The summed E-state index contributed by atoms with van der Waals surface area (Å²) in [6, 6.07) is 8.05. The van der Waals surface area contributed by atoms with Crippen molar-refractivity contribution in [3.05, 3.63) is 35.4 Å². The van der Waals surface area contributed by atoms with E-state index in [1.165, 1.54) is 10.5 Å². The Morgan fingerprint density at radius 3 is 2.29 bits per heavy atom. The maximum Gasteiger partial charge on any atom is 0.407 e. The van der Waals surface area contributed by atoms with Crippen molar-refractivity contribution in [1.82, 2.24) is 9.80 Å². The van der Waals surface area contributed by atoms with Crippen LogP contribution in [0.4, 0.5) is 4.79 Å². The van der Waals surface area contributed by atoms with Crippen LogP contribution >= 0.6 is 0 Å². The molecule has 0 saturated carbocycles. The topological polar surface area (TPSA) is 70.1 Å². The highest BCUT2D eigenvalue weighted by molar-refractivity contribution is 5.94. The van der Waals surface area contributed by atoms with Crippen molar-refractivity contribution >= 4 is 11.9 Å². The lowest BCUT2D eigenvalue weighted by Crippen LogP contribution is -2.65. The molecule has 2 heterocycles. The van der Waals surface area contributed by atoms with Crippen LogP contribution in [0.15, 0.2) is 24.3 Å². The number of hydrogen-bond donors (Lipinski definition) is 1. The number of hydrogen-bond acceptors (Lipinski definition) is 4. The van der Waals surface area contributed by atoms with Gasteiger partial charge in [-0.25, -0.2) is 4.79 Å². The van der Waals surface area contributed by atoms with Crippen molar-refractivity contribution in [2.45, 2.75) is 31.3 Å². The van der Waals surface area contributed by atoms with E-state index >= 15 is 0 Å². The third-order valence-electron chi connectivity index (χ3n) is 5.50. The molecule has 2 aliphatic heterocycles. The number of benzene rings is 1. The van der Waals surface area contributed by atoms with Gasteiger partial charge in [-0.3, -0.25) is 9.69 Å². The van der Waals surface area contributed by atoms with Gasteiger partial charge in [-0.15, -0.1) is 0 Å². The summed E-state index contributed by atoms with van der Waals surface area (Å²) in [5, 5.41) is 9.06. The van der Waals surface area contributed by atoms with E-state index in [1.54, 1.807) is 6.92 Å². The van der Waals surface area contributed by atoms with E-state index in [1.807, 2.05) is 24.3 Å². The standard InChI is InChI=1S/C18H24N2O4/c1-13(21)14-3-5-15(6-4-14)18(7-9-24-10-8-18)19(2)16-11-20(12-16)17(22)23/h3-6,16H,7-12H2,1-2H3,(H,22,23). The second-order valence-corrected chi connectivity index (χ2v) is 6.73. The predicted molar refractivity (Wildman–Crippen MR) is 89.3 cm³/mol. The second-order valence-electron chi connectivity index (χ2n) is 6.73. The molecule has 3 rings (SSSR count). The molecule has 0 aliphatic carbocycles. The third kappa shape index (κ3) is 2.91. The average Bonchev–Trinajstić information content (AvgIpc) is 2.53. The van der Waals surface area contributed by atoms with Crippen LogP contribution in [0.2, 0.25) is 0 Å². The van der Waals surface area contributed by atoms with Crippen LogP contribution in [-0.4, -0.2) is 66.2 Å². The molecule has 6 nitrogen and oxygen atoms in total. The van der Waals surface area contributed by atoms with Crippen LogP contribution < -0.4 is 0 Å². The SMILES string of the molecule is CC(=O)c1ccc(C2(N(C)C3CN(C(=O)O)C3)CCOCC2)cc1. The van der Waals surface area contributed by atoms with Crippen LogP contribution in [-0.2, 0) is 10.3 Å². The molecular formula is C18H24N2O4. The maximum atomic E-state index is 11.5. The summed E-state index contributed by atoms with van der Waals surface area (Å²) < 4.78 is 5.56. The summed E-state index contributed by atoms with van der Waals surface area (Å²) in [5.41, 5.74) is 1.72.